The van der Waals surface area contributed by atoms with Crippen LogP contribution in [0.15, 0.2) is 22.8 Å². The second-order valence-electron chi connectivity index (χ2n) is 4.52. The first kappa shape index (κ1) is 12.6. The fraction of sp³-hybridized carbons (Fsp3) is 0.615. The Morgan fingerprint density at radius 3 is 3.00 bits per heavy atom. The van der Waals surface area contributed by atoms with E-state index in [0.717, 1.165) is 5.76 Å². The third kappa shape index (κ3) is 3.80. The summed E-state index contributed by atoms with van der Waals surface area (Å²) in [5.41, 5.74) is 0. The fourth-order valence-corrected chi connectivity index (χ4v) is 3.28. The van der Waals surface area contributed by atoms with Gasteiger partial charge in [-0.2, -0.15) is 0 Å². The van der Waals surface area contributed by atoms with Gasteiger partial charge in [0.2, 0.25) is 5.91 Å². The van der Waals surface area contributed by atoms with Gasteiger partial charge in [-0.05, 0) is 31.9 Å². The molecule has 0 aromatic carbocycles. The van der Waals surface area contributed by atoms with Crippen molar-refractivity contribution >= 4 is 17.7 Å². The molecule has 1 amide bonds. The first-order valence-electron chi connectivity index (χ1n) is 6.20. The monoisotopic (exact) mass is 253 g/mol. The smallest absolute Gasteiger partial charge is 0.230 e. The van der Waals surface area contributed by atoms with Crippen LogP contribution in [0.4, 0.5) is 0 Å². The standard InChI is InChI=1S/C13H19NO2S/c1-10(12-7-4-8-16-12)14-13(15)9-17-11-5-2-3-6-11/h4,7-8,10-11H,2-3,5-6,9H2,1H3,(H,14,15)/t10-/m0/s1. The van der Waals surface area contributed by atoms with Crippen molar-refractivity contribution in [2.24, 2.45) is 0 Å². The minimum absolute atomic E-state index is 0.0401. The van der Waals surface area contributed by atoms with E-state index in [4.69, 9.17) is 4.42 Å². The van der Waals surface area contributed by atoms with Gasteiger partial charge in [-0.3, -0.25) is 4.79 Å². The van der Waals surface area contributed by atoms with Gasteiger partial charge in [0.1, 0.15) is 5.76 Å². The van der Waals surface area contributed by atoms with E-state index in [2.05, 4.69) is 5.32 Å². The van der Waals surface area contributed by atoms with E-state index >= 15 is 0 Å². The predicted molar refractivity (Wildman–Crippen MR) is 70.0 cm³/mol. The molecule has 0 saturated heterocycles. The van der Waals surface area contributed by atoms with Gasteiger partial charge in [0.25, 0.3) is 0 Å². The van der Waals surface area contributed by atoms with Crippen LogP contribution in [0, 0.1) is 0 Å². The summed E-state index contributed by atoms with van der Waals surface area (Å²) in [4.78, 5) is 11.7. The highest BCUT2D eigenvalue weighted by Crippen LogP contribution is 2.29. The lowest BCUT2D eigenvalue weighted by Gasteiger charge is -2.12. The number of carbonyl (C=O) groups excluding carboxylic acids is 1. The van der Waals surface area contributed by atoms with Crippen molar-refractivity contribution in [1.29, 1.82) is 0 Å². The molecule has 1 aliphatic carbocycles. The van der Waals surface area contributed by atoms with Crippen LogP contribution >= 0.6 is 11.8 Å². The summed E-state index contributed by atoms with van der Waals surface area (Å²) >= 11 is 1.79. The highest BCUT2D eigenvalue weighted by Gasteiger charge is 2.18. The van der Waals surface area contributed by atoms with Crippen LogP contribution in [0.5, 0.6) is 0 Å². The van der Waals surface area contributed by atoms with Crippen molar-refractivity contribution in [2.75, 3.05) is 5.75 Å². The van der Waals surface area contributed by atoms with Gasteiger partial charge in [-0.25, -0.2) is 0 Å². The number of nitrogens with one attached hydrogen (secondary N) is 1. The van der Waals surface area contributed by atoms with Crippen LogP contribution < -0.4 is 5.32 Å². The van der Waals surface area contributed by atoms with Crippen molar-refractivity contribution in [3.05, 3.63) is 24.2 Å². The number of amides is 1. The van der Waals surface area contributed by atoms with Crippen LogP contribution in [0.3, 0.4) is 0 Å². The second-order valence-corrected chi connectivity index (χ2v) is 5.81. The van der Waals surface area contributed by atoms with Gasteiger partial charge in [0.15, 0.2) is 0 Å². The molecule has 1 atom stereocenters. The third-order valence-corrected chi connectivity index (χ3v) is 4.47. The van der Waals surface area contributed by atoms with E-state index in [1.807, 2.05) is 19.1 Å². The molecule has 17 heavy (non-hydrogen) atoms. The second kappa shape index (κ2) is 6.15. The van der Waals surface area contributed by atoms with E-state index in [-0.39, 0.29) is 11.9 Å². The van der Waals surface area contributed by atoms with E-state index < -0.39 is 0 Å². The van der Waals surface area contributed by atoms with E-state index in [1.165, 1.54) is 25.7 Å². The summed E-state index contributed by atoms with van der Waals surface area (Å²) in [6.07, 6.45) is 6.81. The van der Waals surface area contributed by atoms with E-state index in [1.54, 1.807) is 18.0 Å². The Hall–Kier alpha value is -0.900. The minimum atomic E-state index is -0.0401. The summed E-state index contributed by atoms with van der Waals surface area (Å²) in [5.74, 6) is 1.48. The van der Waals surface area contributed by atoms with Crippen LogP contribution in [-0.2, 0) is 4.79 Å². The van der Waals surface area contributed by atoms with Gasteiger partial charge in [0, 0.05) is 5.25 Å². The molecule has 0 unspecified atom stereocenters. The van der Waals surface area contributed by atoms with Crippen molar-refractivity contribution in [3.63, 3.8) is 0 Å². The molecular formula is C13H19NO2S. The van der Waals surface area contributed by atoms with Crippen molar-refractivity contribution in [3.8, 4) is 0 Å². The molecular weight excluding hydrogens is 234 g/mol. The summed E-state index contributed by atoms with van der Waals surface area (Å²) in [7, 11) is 0. The van der Waals surface area contributed by atoms with Gasteiger partial charge < -0.3 is 9.73 Å². The van der Waals surface area contributed by atoms with Crippen LogP contribution in [-0.4, -0.2) is 16.9 Å². The Bertz CT molecular complexity index is 344. The normalized spacial score (nSPS) is 18.2. The minimum Gasteiger partial charge on any atom is -0.467 e. The third-order valence-electron chi connectivity index (χ3n) is 3.10. The van der Waals surface area contributed by atoms with Crippen molar-refractivity contribution in [2.45, 2.75) is 43.9 Å². The zero-order valence-electron chi connectivity index (χ0n) is 10.1. The number of rotatable bonds is 5. The summed E-state index contributed by atoms with van der Waals surface area (Å²) in [6, 6.07) is 3.68. The molecule has 0 radical (unpaired) electrons. The number of carbonyl (C=O) groups is 1. The molecule has 0 spiro atoms. The maximum Gasteiger partial charge on any atom is 0.230 e. The Morgan fingerprint density at radius 2 is 2.35 bits per heavy atom. The first-order valence-corrected chi connectivity index (χ1v) is 7.25. The highest BCUT2D eigenvalue weighted by atomic mass is 32.2. The zero-order valence-corrected chi connectivity index (χ0v) is 11.0. The highest BCUT2D eigenvalue weighted by molar-refractivity contribution is 8.00. The van der Waals surface area contributed by atoms with Crippen molar-refractivity contribution in [1.82, 2.24) is 5.32 Å². The molecule has 1 N–H and O–H groups in total. The van der Waals surface area contributed by atoms with E-state index in [0.29, 0.717) is 11.0 Å². The van der Waals surface area contributed by atoms with Gasteiger partial charge in [0.05, 0.1) is 18.1 Å². The lowest BCUT2D eigenvalue weighted by atomic mass is 10.2. The SMILES string of the molecule is C[C@H](NC(=O)CSC1CCCC1)c1ccco1. The van der Waals surface area contributed by atoms with Gasteiger partial charge in [-0.15, -0.1) is 11.8 Å². The lowest BCUT2D eigenvalue weighted by molar-refractivity contribution is -0.119. The molecule has 0 bridgehead atoms. The molecule has 1 aromatic heterocycles. The van der Waals surface area contributed by atoms with Crippen LogP contribution in [0.1, 0.15) is 44.4 Å². The average Bonchev–Trinajstić information content (AvgIpc) is 2.99. The van der Waals surface area contributed by atoms with E-state index in [9.17, 15) is 4.79 Å². The molecule has 2 rings (SSSR count). The molecule has 94 valence electrons. The number of hydrogen-bond acceptors (Lipinski definition) is 3. The Morgan fingerprint density at radius 1 is 1.59 bits per heavy atom. The topological polar surface area (TPSA) is 42.2 Å². The molecule has 3 nitrogen and oxygen atoms in total. The molecule has 1 aliphatic rings. The summed E-state index contributed by atoms with van der Waals surface area (Å²) in [5, 5.41) is 3.65. The van der Waals surface area contributed by atoms with Crippen molar-refractivity contribution < 1.29 is 9.21 Å². The van der Waals surface area contributed by atoms with Gasteiger partial charge in [-0.1, -0.05) is 12.8 Å². The predicted octanol–water partition coefficient (Wildman–Crippen LogP) is 3.13. The zero-order chi connectivity index (χ0) is 12.1. The van der Waals surface area contributed by atoms with Gasteiger partial charge >= 0.3 is 0 Å². The molecule has 4 heteroatoms. The molecule has 1 fully saturated rings. The van der Waals surface area contributed by atoms with Crippen LogP contribution in [0.25, 0.3) is 0 Å². The maximum absolute atomic E-state index is 11.7. The number of furan rings is 1. The average molecular weight is 253 g/mol. The Labute approximate surface area is 106 Å². The molecule has 1 heterocycles. The Balaban J connectivity index is 1.69. The Kier molecular flexibility index (Phi) is 4.54. The first-order chi connectivity index (χ1) is 8.25. The maximum atomic E-state index is 11.7. The summed E-state index contributed by atoms with van der Waals surface area (Å²) < 4.78 is 5.25. The number of hydrogen-bond donors (Lipinski definition) is 1. The number of thioether (sulfide) groups is 1. The molecule has 0 aliphatic heterocycles. The molecule has 1 aromatic rings. The molecule has 1 saturated carbocycles. The van der Waals surface area contributed by atoms with Crippen LogP contribution in [0.2, 0.25) is 0 Å². The quantitative estimate of drug-likeness (QED) is 0.876. The summed E-state index contributed by atoms with van der Waals surface area (Å²) in [6.45, 7) is 1.94. The largest absolute Gasteiger partial charge is 0.467 e. The lowest BCUT2D eigenvalue weighted by Crippen LogP contribution is -2.28. The fourth-order valence-electron chi connectivity index (χ4n) is 2.14.